The minimum Gasteiger partial charge on any atom is -0.377 e. The van der Waals surface area contributed by atoms with Gasteiger partial charge in [0.15, 0.2) is 0 Å². The topological polar surface area (TPSA) is 20.2 Å². The fraction of sp³-hybridized carbons (Fsp3) is 0.412. The van der Waals surface area contributed by atoms with Crippen molar-refractivity contribution in [3.63, 3.8) is 0 Å². The standard InChI is InChI=1S/C17H22O/c1-3-5-7-9-10-12-14-16-17(18)15-13-11-8-6-4-2/h3-4,6,14,16-18H,1,5,7,9-10,12H2,2H3/b6-4+,16-14-/t17-/m1/s1. The number of hydrogen-bond donors (Lipinski definition) is 1. The molecule has 0 aromatic heterocycles. The van der Waals surface area contributed by atoms with Crippen LogP contribution in [-0.2, 0) is 0 Å². The largest absolute Gasteiger partial charge is 0.377 e. The van der Waals surface area contributed by atoms with Gasteiger partial charge in [0.2, 0.25) is 0 Å². The third-order valence-corrected chi connectivity index (χ3v) is 2.20. The van der Waals surface area contributed by atoms with Crippen LogP contribution in [0.1, 0.15) is 39.0 Å². The molecule has 0 aliphatic carbocycles. The van der Waals surface area contributed by atoms with Crippen molar-refractivity contribution in [3.05, 3.63) is 37.0 Å². The van der Waals surface area contributed by atoms with Gasteiger partial charge in [-0.15, -0.1) is 6.58 Å². The minimum absolute atomic E-state index is 0.710. The van der Waals surface area contributed by atoms with Crippen molar-refractivity contribution < 1.29 is 5.11 Å². The molecule has 1 atom stereocenters. The third-order valence-electron chi connectivity index (χ3n) is 2.20. The number of aliphatic hydroxyl groups is 1. The first-order valence-electron chi connectivity index (χ1n) is 6.39. The smallest absolute Gasteiger partial charge is 0.134 e. The molecule has 0 unspecified atom stereocenters. The summed E-state index contributed by atoms with van der Waals surface area (Å²) in [5, 5.41) is 9.49. The first-order valence-corrected chi connectivity index (χ1v) is 6.39. The van der Waals surface area contributed by atoms with Gasteiger partial charge in [-0.1, -0.05) is 36.5 Å². The lowest BCUT2D eigenvalue weighted by atomic mass is 10.1. The van der Waals surface area contributed by atoms with Crippen LogP contribution in [0.4, 0.5) is 0 Å². The second-order valence-electron chi connectivity index (χ2n) is 3.84. The van der Waals surface area contributed by atoms with Gasteiger partial charge < -0.3 is 5.11 Å². The molecule has 1 N–H and O–H groups in total. The zero-order valence-corrected chi connectivity index (χ0v) is 11.2. The predicted octanol–water partition coefficient (Wildman–Crippen LogP) is 3.62. The molecule has 0 radical (unpaired) electrons. The van der Waals surface area contributed by atoms with E-state index in [-0.39, 0.29) is 0 Å². The summed E-state index contributed by atoms with van der Waals surface area (Å²) in [4.78, 5) is 0. The Morgan fingerprint density at radius 1 is 1.17 bits per heavy atom. The molecular weight excluding hydrogens is 220 g/mol. The van der Waals surface area contributed by atoms with E-state index in [0.29, 0.717) is 0 Å². The molecule has 0 aliphatic rings. The molecule has 0 fully saturated rings. The molecule has 0 heterocycles. The van der Waals surface area contributed by atoms with Gasteiger partial charge >= 0.3 is 0 Å². The highest BCUT2D eigenvalue weighted by molar-refractivity contribution is 5.32. The van der Waals surface area contributed by atoms with E-state index in [1.807, 2.05) is 25.2 Å². The van der Waals surface area contributed by atoms with Crippen molar-refractivity contribution in [2.45, 2.75) is 45.1 Å². The van der Waals surface area contributed by atoms with Crippen LogP contribution in [0.2, 0.25) is 0 Å². The summed E-state index contributed by atoms with van der Waals surface area (Å²) >= 11 is 0. The predicted molar refractivity (Wildman–Crippen MR) is 78.8 cm³/mol. The molecule has 0 saturated carbocycles. The van der Waals surface area contributed by atoms with E-state index < -0.39 is 6.10 Å². The van der Waals surface area contributed by atoms with Crippen molar-refractivity contribution in [2.75, 3.05) is 0 Å². The number of rotatable bonds is 7. The Morgan fingerprint density at radius 2 is 1.94 bits per heavy atom. The van der Waals surface area contributed by atoms with E-state index in [9.17, 15) is 5.11 Å². The second-order valence-corrected chi connectivity index (χ2v) is 3.84. The molecule has 0 aromatic carbocycles. The molecule has 0 bridgehead atoms. The van der Waals surface area contributed by atoms with Gasteiger partial charge in [0.25, 0.3) is 0 Å². The monoisotopic (exact) mass is 242 g/mol. The Morgan fingerprint density at radius 3 is 2.67 bits per heavy atom. The van der Waals surface area contributed by atoms with Gasteiger partial charge in [-0.3, -0.25) is 0 Å². The summed E-state index contributed by atoms with van der Waals surface area (Å²) in [6.07, 6.45) is 14.1. The Bertz CT molecular complexity index is 379. The molecular formula is C17H22O. The van der Waals surface area contributed by atoms with Crippen molar-refractivity contribution in [3.8, 4) is 23.7 Å². The number of allylic oxidation sites excluding steroid dienone is 4. The maximum Gasteiger partial charge on any atom is 0.134 e. The Kier molecular flexibility index (Phi) is 12.1. The van der Waals surface area contributed by atoms with E-state index in [4.69, 9.17) is 0 Å². The average molecular weight is 242 g/mol. The highest BCUT2D eigenvalue weighted by atomic mass is 16.3. The van der Waals surface area contributed by atoms with Crippen LogP contribution >= 0.6 is 0 Å². The Balaban J connectivity index is 3.71. The van der Waals surface area contributed by atoms with Crippen LogP contribution < -0.4 is 0 Å². The molecule has 1 heteroatoms. The summed E-state index contributed by atoms with van der Waals surface area (Å²) < 4.78 is 0. The fourth-order valence-electron chi connectivity index (χ4n) is 1.27. The minimum atomic E-state index is -0.710. The van der Waals surface area contributed by atoms with E-state index in [2.05, 4.69) is 30.3 Å². The van der Waals surface area contributed by atoms with E-state index in [1.165, 1.54) is 12.8 Å². The molecule has 0 amide bonds. The molecule has 0 spiro atoms. The molecule has 1 nitrogen and oxygen atoms in total. The van der Waals surface area contributed by atoms with Crippen molar-refractivity contribution in [1.29, 1.82) is 0 Å². The molecule has 96 valence electrons. The van der Waals surface area contributed by atoms with Gasteiger partial charge in [-0.05, 0) is 56.6 Å². The van der Waals surface area contributed by atoms with Gasteiger partial charge in [0.1, 0.15) is 6.10 Å². The third kappa shape index (κ3) is 12.4. The van der Waals surface area contributed by atoms with E-state index in [1.54, 1.807) is 12.2 Å². The second kappa shape index (κ2) is 13.4. The lowest BCUT2D eigenvalue weighted by molar-refractivity contribution is 0.280. The maximum atomic E-state index is 9.49. The van der Waals surface area contributed by atoms with Gasteiger partial charge in [0.05, 0.1) is 0 Å². The fourth-order valence-corrected chi connectivity index (χ4v) is 1.27. The van der Waals surface area contributed by atoms with Gasteiger partial charge in [-0.25, -0.2) is 0 Å². The van der Waals surface area contributed by atoms with E-state index >= 15 is 0 Å². The average Bonchev–Trinajstić information content (AvgIpc) is 2.37. The van der Waals surface area contributed by atoms with Crippen molar-refractivity contribution in [1.82, 2.24) is 0 Å². The number of unbranched alkanes of at least 4 members (excludes halogenated alkanes) is 4. The molecule has 0 rings (SSSR count). The highest BCUT2D eigenvalue weighted by Gasteiger charge is 1.90. The quantitative estimate of drug-likeness (QED) is 0.411. The summed E-state index contributed by atoms with van der Waals surface area (Å²) in [7, 11) is 0. The summed E-state index contributed by atoms with van der Waals surface area (Å²) in [5.41, 5.74) is 0. The van der Waals surface area contributed by atoms with Gasteiger partial charge in [0, 0.05) is 0 Å². The lowest BCUT2D eigenvalue weighted by Gasteiger charge is -1.95. The SMILES string of the molecule is C=CCCCCC/C=C\[C@H](O)C#CC#C/C=C/C. The zero-order valence-electron chi connectivity index (χ0n) is 11.2. The van der Waals surface area contributed by atoms with Crippen LogP contribution in [0.5, 0.6) is 0 Å². The summed E-state index contributed by atoms with van der Waals surface area (Å²) in [6, 6.07) is 0. The molecule has 0 saturated heterocycles. The highest BCUT2D eigenvalue weighted by Crippen LogP contribution is 2.04. The number of aliphatic hydroxyl groups excluding tert-OH is 1. The van der Waals surface area contributed by atoms with E-state index in [0.717, 1.165) is 19.3 Å². The van der Waals surface area contributed by atoms with Crippen LogP contribution in [-0.4, -0.2) is 11.2 Å². The van der Waals surface area contributed by atoms with Gasteiger partial charge in [-0.2, -0.15) is 0 Å². The molecule has 18 heavy (non-hydrogen) atoms. The lowest BCUT2D eigenvalue weighted by Crippen LogP contribution is -1.96. The Hall–Kier alpha value is -1.70. The van der Waals surface area contributed by atoms with Crippen LogP contribution in [0.3, 0.4) is 0 Å². The van der Waals surface area contributed by atoms with Crippen LogP contribution in [0.15, 0.2) is 37.0 Å². The number of hydrogen-bond acceptors (Lipinski definition) is 1. The van der Waals surface area contributed by atoms with Crippen molar-refractivity contribution in [2.24, 2.45) is 0 Å². The summed E-state index contributed by atoms with van der Waals surface area (Å²) in [5.74, 6) is 10.6. The van der Waals surface area contributed by atoms with Crippen LogP contribution in [0.25, 0.3) is 0 Å². The maximum absolute atomic E-state index is 9.49. The molecule has 0 aromatic rings. The zero-order chi connectivity index (χ0) is 13.5. The normalized spacial score (nSPS) is 11.7. The first-order chi connectivity index (χ1) is 8.81. The summed E-state index contributed by atoms with van der Waals surface area (Å²) in [6.45, 7) is 5.59. The van der Waals surface area contributed by atoms with Crippen molar-refractivity contribution >= 4 is 0 Å². The Labute approximate surface area is 111 Å². The first kappa shape index (κ1) is 16.3. The van der Waals surface area contributed by atoms with Crippen LogP contribution in [0, 0.1) is 23.7 Å². The molecule has 0 aliphatic heterocycles.